The lowest BCUT2D eigenvalue weighted by Gasteiger charge is -2.31. The van der Waals surface area contributed by atoms with Gasteiger partial charge in [-0.3, -0.25) is 9.89 Å². The SMILES string of the molecule is N#CC1=C(N)Oc2n[nH]c(C(F)(F)F)c2C12C(=O)Nc1ccccc12. The molecule has 0 saturated heterocycles. The number of benzene rings is 1. The molecule has 2 aliphatic heterocycles. The standard InChI is InChI=1S/C15H8F3N5O2/c16-15(17,18)10-9-12(23-22-10)25-11(20)7(5-19)14(9)6-3-1-2-4-8(6)21-13(14)24/h1-4H,20H2,(H,21,24)(H,22,23). The first kappa shape index (κ1) is 15.1. The van der Waals surface area contributed by atoms with Crippen molar-refractivity contribution in [2.24, 2.45) is 5.73 Å². The molecule has 2 aliphatic rings. The minimum atomic E-state index is -4.85. The third-order valence-corrected chi connectivity index (χ3v) is 4.25. The van der Waals surface area contributed by atoms with E-state index in [2.05, 4.69) is 10.4 Å². The van der Waals surface area contributed by atoms with Gasteiger partial charge in [0.25, 0.3) is 0 Å². The van der Waals surface area contributed by atoms with Crippen LogP contribution in [0.1, 0.15) is 16.8 Å². The van der Waals surface area contributed by atoms with Crippen molar-refractivity contribution < 1.29 is 22.7 Å². The smallest absolute Gasteiger partial charge is 0.420 e. The summed E-state index contributed by atoms with van der Waals surface area (Å²) in [6, 6.07) is 7.87. The maximum absolute atomic E-state index is 13.5. The normalized spacial score (nSPS) is 21.4. The van der Waals surface area contributed by atoms with Crippen LogP contribution in [-0.2, 0) is 16.4 Å². The summed E-state index contributed by atoms with van der Waals surface area (Å²) in [5, 5.41) is 17.4. The van der Waals surface area contributed by atoms with Gasteiger partial charge >= 0.3 is 6.18 Å². The summed E-state index contributed by atoms with van der Waals surface area (Å²) >= 11 is 0. The van der Waals surface area contributed by atoms with E-state index in [1.54, 1.807) is 18.2 Å². The number of ether oxygens (including phenoxy) is 1. The van der Waals surface area contributed by atoms with Gasteiger partial charge in [0.2, 0.25) is 17.7 Å². The fourth-order valence-electron chi connectivity index (χ4n) is 3.31. The average Bonchev–Trinajstić information content (AvgIpc) is 3.08. The van der Waals surface area contributed by atoms with E-state index >= 15 is 0 Å². The summed E-state index contributed by atoms with van der Waals surface area (Å²) in [5.41, 5.74) is 1.83. The number of nitrogens with one attached hydrogen (secondary N) is 2. The van der Waals surface area contributed by atoms with Crippen LogP contribution >= 0.6 is 0 Å². The van der Waals surface area contributed by atoms with Gasteiger partial charge < -0.3 is 15.8 Å². The largest absolute Gasteiger partial charge is 0.433 e. The van der Waals surface area contributed by atoms with Gasteiger partial charge in [-0.05, 0) is 6.07 Å². The lowest BCUT2D eigenvalue weighted by Crippen LogP contribution is -2.43. The third-order valence-electron chi connectivity index (χ3n) is 4.25. The fourth-order valence-corrected chi connectivity index (χ4v) is 3.31. The molecule has 1 spiro atoms. The number of para-hydroxylation sites is 1. The van der Waals surface area contributed by atoms with E-state index in [0.29, 0.717) is 0 Å². The van der Waals surface area contributed by atoms with Crippen LogP contribution in [0.3, 0.4) is 0 Å². The van der Waals surface area contributed by atoms with Crippen molar-refractivity contribution >= 4 is 11.6 Å². The Morgan fingerprint density at radius 1 is 1.32 bits per heavy atom. The van der Waals surface area contributed by atoms with Crippen LogP contribution in [0.15, 0.2) is 35.7 Å². The zero-order valence-electron chi connectivity index (χ0n) is 12.2. The number of carbonyl (C=O) groups is 1. The molecule has 1 amide bonds. The van der Waals surface area contributed by atoms with E-state index in [9.17, 15) is 23.2 Å². The number of hydrogen-bond acceptors (Lipinski definition) is 5. The number of nitrogens with two attached hydrogens (primary N) is 1. The summed E-state index contributed by atoms with van der Waals surface area (Å²) in [6.07, 6.45) is -4.85. The second kappa shape index (κ2) is 4.54. The van der Waals surface area contributed by atoms with Crippen LogP contribution in [0.2, 0.25) is 0 Å². The highest BCUT2D eigenvalue weighted by Gasteiger charge is 2.60. The molecule has 25 heavy (non-hydrogen) atoms. The molecule has 10 heteroatoms. The molecule has 0 saturated carbocycles. The van der Waals surface area contributed by atoms with E-state index < -0.39 is 46.1 Å². The molecule has 0 radical (unpaired) electrons. The number of aromatic nitrogens is 2. The first-order valence-electron chi connectivity index (χ1n) is 6.97. The summed E-state index contributed by atoms with van der Waals surface area (Å²) in [5.74, 6) is -1.79. The molecule has 2 aromatic rings. The molecule has 1 aromatic heterocycles. The number of nitriles is 1. The number of nitrogens with zero attached hydrogens (tertiary/aromatic N) is 2. The van der Waals surface area contributed by atoms with Gasteiger partial charge in [-0.15, -0.1) is 5.10 Å². The Hall–Kier alpha value is -3.48. The molecule has 4 N–H and O–H groups in total. The number of H-pyrrole nitrogens is 1. The van der Waals surface area contributed by atoms with Gasteiger partial charge in [0, 0.05) is 11.3 Å². The molecular formula is C15H8F3N5O2. The predicted molar refractivity (Wildman–Crippen MR) is 76.9 cm³/mol. The maximum Gasteiger partial charge on any atom is 0.433 e. The number of anilines is 1. The molecule has 1 unspecified atom stereocenters. The monoisotopic (exact) mass is 347 g/mol. The van der Waals surface area contributed by atoms with Crippen molar-refractivity contribution in [3.63, 3.8) is 0 Å². The van der Waals surface area contributed by atoms with Crippen molar-refractivity contribution in [1.82, 2.24) is 10.2 Å². The Labute approximate surface area is 137 Å². The van der Waals surface area contributed by atoms with Gasteiger partial charge in [0.1, 0.15) is 22.8 Å². The Balaban J connectivity index is 2.17. The third kappa shape index (κ3) is 1.69. The molecule has 0 aliphatic carbocycles. The molecular weight excluding hydrogens is 339 g/mol. The predicted octanol–water partition coefficient (Wildman–Crippen LogP) is 1.75. The number of aromatic amines is 1. The Morgan fingerprint density at radius 3 is 2.72 bits per heavy atom. The van der Waals surface area contributed by atoms with Crippen LogP contribution in [0, 0.1) is 11.3 Å². The van der Waals surface area contributed by atoms with Crippen LogP contribution in [0.25, 0.3) is 0 Å². The van der Waals surface area contributed by atoms with E-state index in [1.165, 1.54) is 12.1 Å². The molecule has 0 bridgehead atoms. The van der Waals surface area contributed by atoms with Crippen molar-refractivity contribution in [3.05, 3.63) is 52.5 Å². The van der Waals surface area contributed by atoms with Crippen molar-refractivity contribution in [1.29, 1.82) is 5.26 Å². The summed E-state index contributed by atoms with van der Waals surface area (Å²) in [6.45, 7) is 0. The van der Waals surface area contributed by atoms with Gasteiger partial charge in [0.05, 0.1) is 5.56 Å². The zero-order chi connectivity index (χ0) is 18.0. The Morgan fingerprint density at radius 2 is 2.04 bits per heavy atom. The van der Waals surface area contributed by atoms with Crippen molar-refractivity contribution in [2.75, 3.05) is 5.32 Å². The minimum absolute atomic E-state index is 0.177. The number of rotatable bonds is 0. The van der Waals surface area contributed by atoms with E-state index in [4.69, 9.17) is 10.5 Å². The zero-order valence-corrected chi connectivity index (χ0v) is 12.2. The lowest BCUT2D eigenvalue weighted by molar-refractivity contribution is -0.142. The molecule has 3 heterocycles. The highest BCUT2D eigenvalue weighted by molar-refractivity contribution is 6.12. The lowest BCUT2D eigenvalue weighted by atomic mass is 9.69. The van der Waals surface area contributed by atoms with E-state index in [-0.39, 0.29) is 11.3 Å². The number of carbonyl (C=O) groups excluding carboxylic acids is 1. The molecule has 0 fully saturated rings. The molecule has 1 atom stereocenters. The summed E-state index contributed by atoms with van der Waals surface area (Å²) in [4.78, 5) is 12.8. The molecule has 7 nitrogen and oxygen atoms in total. The summed E-state index contributed by atoms with van der Waals surface area (Å²) in [7, 11) is 0. The van der Waals surface area contributed by atoms with Gasteiger partial charge in [-0.2, -0.15) is 18.4 Å². The van der Waals surface area contributed by atoms with E-state index in [1.807, 2.05) is 5.10 Å². The highest BCUT2D eigenvalue weighted by Crippen LogP contribution is 2.55. The second-order valence-corrected chi connectivity index (χ2v) is 5.48. The number of fused-ring (bicyclic) bond motifs is 4. The van der Waals surface area contributed by atoms with Gasteiger partial charge in [-0.1, -0.05) is 18.2 Å². The summed E-state index contributed by atoms with van der Waals surface area (Å²) < 4.78 is 45.5. The highest BCUT2D eigenvalue weighted by atomic mass is 19.4. The average molecular weight is 347 g/mol. The Kier molecular flexibility index (Phi) is 2.73. The van der Waals surface area contributed by atoms with Crippen LogP contribution in [-0.4, -0.2) is 16.1 Å². The first-order valence-corrected chi connectivity index (χ1v) is 6.97. The van der Waals surface area contributed by atoms with Crippen LogP contribution in [0.5, 0.6) is 5.88 Å². The Bertz CT molecular complexity index is 1000. The van der Waals surface area contributed by atoms with Gasteiger partial charge in [0.15, 0.2) is 0 Å². The topological polar surface area (TPSA) is 117 Å². The molecule has 4 rings (SSSR count). The number of amides is 1. The number of alkyl halides is 3. The quantitative estimate of drug-likeness (QED) is 0.671. The van der Waals surface area contributed by atoms with Crippen molar-refractivity contribution in [3.8, 4) is 11.9 Å². The van der Waals surface area contributed by atoms with E-state index in [0.717, 1.165) is 0 Å². The fraction of sp³-hybridized carbons (Fsp3) is 0.133. The number of hydrogen-bond donors (Lipinski definition) is 3. The second-order valence-electron chi connectivity index (χ2n) is 5.48. The molecule has 1 aromatic carbocycles. The number of halogens is 3. The maximum atomic E-state index is 13.5. The van der Waals surface area contributed by atoms with Crippen LogP contribution in [0.4, 0.5) is 18.9 Å². The first-order chi connectivity index (χ1) is 11.8. The molecule has 126 valence electrons. The van der Waals surface area contributed by atoms with Crippen molar-refractivity contribution in [2.45, 2.75) is 11.6 Å². The van der Waals surface area contributed by atoms with Gasteiger partial charge in [-0.25, -0.2) is 0 Å². The van der Waals surface area contributed by atoms with Crippen LogP contribution < -0.4 is 15.8 Å². The minimum Gasteiger partial charge on any atom is -0.420 e.